The lowest BCUT2D eigenvalue weighted by Crippen LogP contribution is -2.36. The summed E-state index contributed by atoms with van der Waals surface area (Å²) in [5.41, 5.74) is 0. The van der Waals surface area contributed by atoms with Crippen molar-refractivity contribution in [1.29, 1.82) is 0 Å². The highest BCUT2D eigenvalue weighted by atomic mass is 32.2. The Bertz CT molecular complexity index is 291. The zero-order chi connectivity index (χ0) is 9.80. The normalized spacial score (nSPS) is 18.3. The quantitative estimate of drug-likeness (QED) is 0.736. The first-order valence-corrected chi connectivity index (χ1v) is 6.76. The molecule has 0 unspecified atom stereocenters. The van der Waals surface area contributed by atoms with Crippen molar-refractivity contribution in [3.05, 3.63) is 22.4 Å². The highest BCUT2D eigenvalue weighted by Gasteiger charge is 2.15. The Morgan fingerprint density at radius 1 is 1.43 bits per heavy atom. The zero-order valence-corrected chi connectivity index (χ0v) is 9.57. The molecule has 2 rings (SSSR count). The molecule has 0 saturated carbocycles. The third-order valence-electron chi connectivity index (χ3n) is 2.27. The van der Waals surface area contributed by atoms with E-state index in [1.807, 2.05) is 29.3 Å². The second-order valence-corrected chi connectivity index (χ2v) is 5.46. The van der Waals surface area contributed by atoms with Gasteiger partial charge in [-0.1, -0.05) is 6.07 Å². The Balaban J connectivity index is 1.87. The van der Waals surface area contributed by atoms with E-state index in [1.54, 1.807) is 0 Å². The van der Waals surface area contributed by atoms with Gasteiger partial charge in [0.2, 0.25) is 0 Å². The Morgan fingerprint density at radius 2 is 2.21 bits per heavy atom. The van der Waals surface area contributed by atoms with Gasteiger partial charge in [-0.15, -0.1) is 11.3 Å². The number of hydrogen-bond donors (Lipinski definition) is 0. The summed E-state index contributed by atoms with van der Waals surface area (Å²) >= 11 is 3.51. The van der Waals surface area contributed by atoms with Crippen LogP contribution in [0, 0.1) is 0 Å². The van der Waals surface area contributed by atoms with Gasteiger partial charge in [0.1, 0.15) is 0 Å². The highest BCUT2D eigenvalue weighted by molar-refractivity contribution is 7.99. The van der Waals surface area contributed by atoms with Crippen LogP contribution >= 0.6 is 23.1 Å². The number of ketones is 1. The fourth-order valence-corrected chi connectivity index (χ4v) is 3.11. The summed E-state index contributed by atoms with van der Waals surface area (Å²) in [4.78, 5) is 14.9. The van der Waals surface area contributed by atoms with E-state index in [9.17, 15) is 4.79 Å². The van der Waals surface area contributed by atoms with Crippen LogP contribution in [0.25, 0.3) is 0 Å². The second-order valence-electron chi connectivity index (χ2n) is 3.29. The molecular weight excluding hydrogens is 214 g/mol. The number of hydrogen-bond acceptors (Lipinski definition) is 4. The Morgan fingerprint density at radius 3 is 2.86 bits per heavy atom. The van der Waals surface area contributed by atoms with E-state index in [0.29, 0.717) is 6.54 Å². The minimum atomic E-state index is 0.270. The first-order valence-electron chi connectivity index (χ1n) is 4.73. The maximum atomic E-state index is 11.7. The summed E-state index contributed by atoms with van der Waals surface area (Å²) in [7, 11) is 0. The van der Waals surface area contributed by atoms with Gasteiger partial charge in [-0.05, 0) is 11.4 Å². The van der Waals surface area contributed by atoms with Crippen LogP contribution in [0.15, 0.2) is 17.5 Å². The van der Waals surface area contributed by atoms with E-state index >= 15 is 0 Å². The van der Waals surface area contributed by atoms with Crippen LogP contribution in [0.5, 0.6) is 0 Å². The SMILES string of the molecule is O=C(CN1CCSCC1)c1cccs1. The van der Waals surface area contributed by atoms with Gasteiger partial charge in [-0.25, -0.2) is 0 Å². The molecule has 0 aromatic carbocycles. The molecule has 0 N–H and O–H groups in total. The van der Waals surface area contributed by atoms with Crippen LogP contribution in [0.4, 0.5) is 0 Å². The van der Waals surface area contributed by atoms with E-state index in [1.165, 1.54) is 11.3 Å². The Labute approximate surface area is 92.3 Å². The summed E-state index contributed by atoms with van der Waals surface area (Å²) in [5.74, 6) is 2.60. The van der Waals surface area contributed by atoms with Crippen LogP contribution < -0.4 is 0 Å². The van der Waals surface area contributed by atoms with Crippen LogP contribution in [0.3, 0.4) is 0 Å². The van der Waals surface area contributed by atoms with Crippen molar-refractivity contribution < 1.29 is 4.79 Å². The standard InChI is InChI=1S/C10H13NOS2/c12-9(10-2-1-5-14-10)8-11-3-6-13-7-4-11/h1-2,5H,3-4,6-8H2. The number of thioether (sulfide) groups is 1. The third kappa shape index (κ3) is 2.59. The van der Waals surface area contributed by atoms with Crippen molar-refractivity contribution in [2.45, 2.75) is 0 Å². The van der Waals surface area contributed by atoms with E-state index < -0.39 is 0 Å². The molecule has 0 bridgehead atoms. The number of rotatable bonds is 3. The molecule has 0 amide bonds. The van der Waals surface area contributed by atoms with Crippen molar-refractivity contribution in [2.75, 3.05) is 31.1 Å². The molecule has 1 aliphatic heterocycles. The number of nitrogens with zero attached hydrogens (tertiary/aromatic N) is 1. The molecule has 0 aliphatic carbocycles. The number of Topliss-reactive ketones (excluding diaryl/α,β-unsaturated/α-hetero) is 1. The molecule has 76 valence electrons. The predicted molar refractivity (Wildman–Crippen MR) is 62.4 cm³/mol. The summed E-state index contributed by atoms with van der Waals surface area (Å²) in [5, 5.41) is 1.96. The zero-order valence-electron chi connectivity index (χ0n) is 7.94. The number of carbonyl (C=O) groups is 1. The fraction of sp³-hybridized carbons (Fsp3) is 0.500. The molecule has 2 nitrogen and oxygen atoms in total. The highest BCUT2D eigenvalue weighted by Crippen LogP contribution is 2.13. The molecular formula is C10H13NOS2. The van der Waals surface area contributed by atoms with Crippen LogP contribution in [0.1, 0.15) is 9.67 Å². The Kier molecular flexibility index (Phi) is 3.61. The first-order chi connectivity index (χ1) is 6.86. The lowest BCUT2D eigenvalue weighted by atomic mass is 10.3. The lowest BCUT2D eigenvalue weighted by Gasteiger charge is -2.24. The van der Waals surface area contributed by atoms with Gasteiger partial charge in [-0.3, -0.25) is 9.69 Å². The molecule has 1 aromatic rings. The minimum absolute atomic E-state index is 0.270. The maximum Gasteiger partial charge on any atom is 0.186 e. The van der Waals surface area contributed by atoms with Gasteiger partial charge >= 0.3 is 0 Å². The average Bonchev–Trinajstić information content (AvgIpc) is 2.72. The molecule has 1 aliphatic rings. The summed E-state index contributed by atoms with van der Waals surface area (Å²) in [6.45, 7) is 2.71. The molecule has 1 fully saturated rings. The molecule has 0 radical (unpaired) electrons. The first kappa shape index (κ1) is 10.2. The smallest absolute Gasteiger partial charge is 0.186 e. The van der Waals surface area contributed by atoms with Gasteiger partial charge in [-0.2, -0.15) is 11.8 Å². The summed E-state index contributed by atoms with van der Waals surface area (Å²) in [6.07, 6.45) is 0. The molecule has 1 saturated heterocycles. The van der Waals surface area contributed by atoms with Crippen molar-refractivity contribution in [3.63, 3.8) is 0 Å². The largest absolute Gasteiger partial charge is 0.294 e. The molecule has 0 atom stereocenters. The molecule has 4 heteroatoms. The topological polar surface area (TPSA) is 20.3 Å². The van der Waals surface area contributed by atoms with E-state index in [-0.39, 0.29) is 5.78 Å². The molecule has 2 heterocycles. The molecule has 0 spiro atoms. The summed E-state index contributed by atoms with van der Waals surface area (Å²) < 4.78 is 0. The third-order valence-corrected chi connectivity index (χ3v) is 4.12. The van der Waals surface area contributed by atoms with Gasteiger partial charge in [0.05, 0.1) is 11.4 Å². The monoisotopic (exact) mass is 227 g/mol. The minimum Gasteiger partial charge on any atom is -0.294 e. The number of thiophene rings is 1. The van der Waals surface area contributed by atoms with Crippen LogP contribution in [0.2, 0.25) is 0 Å². The van der Waals surface area contributed by atoms with Gasteiger partial charge in [0, 0.05) is 24.6 Å². The Hall–Kier alpha value is -0.320. The van der Waals surface area contributed by atoms with Gasteiger partial charge in [0.15, 0.2) is 5.78 Å². The molecule has 1 aromatic heterocycles. The second kappa shape index (κ2) is 4.96. The van der Waals surface area contributed by atoms with Crippen molar-refractivity contribution in [2.24, 2.45) is 0 Å². The van der Waals surface area contributed by atoms with Crippen molar-refractivity contribution in [3.8, 4) is 0 Å². The maximum absolute atomic E-state index is 11.7. The lowest BCUT2D eigenvalue weighted by molar-refractivity contribution is 0.0941. The van der Waals surface area contributed by atoms with Crippen LogP contribution in [-0.2, 0) is 0 Å². The number of carbonyl (C=O) groups excluding carboxylic acids is 1. The van der Waals surface area contributed by atoms with Gasteiger partial charge < -0.3 is 0 Å². The fourth-order valence-electron chi connectivity index (χ4n) is 1.48. The van der Waals surface area contributed by atoms with Crippen LogP contribution in [-0.4, -0.2) is 41.8 Å². The average molecular weight is 227 g/mol. The van der Waals surface area contributed by atoms with Gasteiger partial charge in [0.25, 0.3) is 0 Å². The summed E-state index contributed by atoms with van der Waals surface area (Å²) in [6, 6.07) is 3.84. The van der Waals surface area contributed by atoms with E-state index in [0.717, 1.165) is 29.5 Å². The van der Waals surface area contributed by atoms with Crippen molar-refractivity contribution >= 4 is 28.9 Å². The van der Waals surface area contributed by atoms with E-state index in [2.05, 4.69) is 4.90 Å². The predicted octanol–water partition coefficient (Wildman–Crippen LogP) is 1.98. The molecule has 14 heavy (non-hydrogen) atoms. The van der Waals surface area contributed by atoms with E-state index in [4.69, 9.17) is 0 Å². The van der Waals surface area contributed by atoms with Crippen molar-refractivity contribution in [1.82, 2.24) is 4.90 Å².